The monoisotopic (exact) mass is 279 g/mol. The molecule has 0 unspecified atom stereocenters. The summed E-state index contributed by atoms with van der Waals surface area (Å²) in [5.41, 5.74) is 5.00. The van der Waals surface area contributed by atoms with Gasteiger partial charge in [0.1, 0.15) is 0 Å². The highest BCUT2D eigenvalue weighted by Crippen LogP contribution is 2.19. The van der Waals surface area contributed by atoms with E-state index in [-0.39, 0.29) is 11.7 Å². The topological polar surface area (TPSA) is 46.2 Å². The molecule has 2 aromatic rings. The molecule has 0 saturated carbocycles. The van der Waals surface area contributed by atoms with E-state index in [0.717, 1.165) is 23.1 Å². The van der Waals surface area contributed by atoms with Crippen molar-refractivity contribution in [2.75, 3.05) is 6.54 Å². The second kappa shape index (κ2) is 5.17. The van der Waals surface area contributed by atoms with Gasteiger partial charge in [-0.1, -0.05) is 29.3 Å². The van der Waals surface area contributed by atoms with E-state index in [1.165, 1.54) is 0 Å². The largest absolute Gasteiger partial charge is 0.352 e. The standard InChI is InChI=1S/C18H17NO2/c1-11-7-12(2)9-15(8-11)17(20)14-4-3-13-5-6-19-18(21)16(13)10-14/h3-4,7-10H,5-6H2,1-2H3,(H,19,21). The zero-order valence-corrected chi connectivity index (χ0v) is 12.2. The number of carbonyl (C=O) groups excluding carboxylic acids is 2. The fourth-order valence-corrected chi connectivity index (χ4v) is 2.83. The number of carbonyl (C=O) groups is 2. The van der Waals surface area contributed by atoms with E-state index in [1.54, 1.807) is 6.07 Å². The first kappa shape index (κ1) is 13.6. The van der Waals surface area contributed by atoms with Crippen molar-refractivity contribution < 1.29 is 9.59 Å². The molecule has 2 aromatic carbocycles. The molecule has 3 nitrogen and oxygen atoms in total. The minimum Gasteiger partial charge on any atom is -0.352 e. The fraction of sp³-hybridized carbons (Fsp3) is 0.222. The quantitative estimate of drug-likeness (QED) is 0.859. The second-order valence-electron chi connectivity index (χ2n) is 5.58. The lowest BCUT2D eigenvalue weighted by atomic mass is 9.93. The van der Waals surface area contributed by atoms with Gasteiger partial charge in [0.2, 0.25) is 0 Å². The number of hydrogen-bond donors (Lipinski definition) is 1. The van der Waals surface area contributed by atoms with Crippen LogP contribution in [0.2, 0.25) is 0 Å². The van der Waals surface area contributed by atoms with Crippen LogP contribution in [0.1, 0.15) is 43.0 Å². The number of benzene rings is 2. The zero-order valence-electron chi connectivity index (χ0n) is 12.2. The van der Waals surface area contributed by atoms with Crippen LogP contribution in [0.5, 0.6) is 0 Å². The van der Waals surface area contributed by atoms with Gasteiger partial charge in [0, 0.05) is 23.2 Å². The summed E-state index contributed by atoms with van der Waals surface area (Å²) >= 11 is 0. The van der Waals surface area contributed by atoms with Crippen molar-refractivity contribution in [2.24, 2.45) is 0 Å². The number of hydrogen-bond acceptors (Lipinski definition) is 2. The van der Waals surface area contributed by atoms with Crippen LogP contribution in [0.25, 0.3) is 0 Å². The Bertz CT molecular complexity index is 727. The number of nitrogens with one attached hydrogen (secondary N) is 1. The van der Waals surface area contributed by atoms with Gasteiger partial charge in [-0.3, -0.25) is 9.59 Å². The molecule has 0 radical (unpaired) electrons. The number of ketones is 1. The molecule has 0 bridgehead atoms. The molecule has 0 spiro atoms. The van der Waals surface area contributed by atoms with Gasteiger partial charge in [-0.25, -0.2) is 0 Å². The maximum Gasteiger partial charge on any atom is 0.251 e. The molecule has 3 rings (SSSR count). The van der Waals surface area contributed by atoms with Crippen molar-refractivity contribution in [3.05, 3.63) is 69.8 Å². The average molecular weight is 279 g/mol. The molecule has 0 saturated heterocycles. The van der Waals surface area contributed by atoms with Crippen molar-refractivity contribution in [1.82, 2.24) is 5.32 Å². The van der Waals surface area contributed by atoms with Gasteiger partial charge < -0.3 is 5.32 Å². The Balaban J connectivity index is 2.02. The maximum atomic E-state index is 12.6. The molecule has 0 aliphatic carbocycles. The predicted octanol–water partition coefficient (Wildman–Crippen LogP) is 2.82. The molecule has 0 fully saturated rings. The highest BCUT2D eigenvalue weighted by atomic mass is 16.1. The van der Waals surface area contributed by atoms with Crippen molar-refractivity contribution in [1.29, 1.82) is 0 Å². The van der Waals surface area contributed by atoms with Crippen LogP contribution in [0.15, 0.2) is 36.4 Å². The lowest BCUT2D eigenvalue weighted by Crippen LogP contribution is -2.32. The third-order valence-corrected chi connectivity index (χ3v) is 3.78. The molecule has 1 amide bonds. The molecule has 21 heavy (non-hydrogen) atoms. The highest BCUT2D eigenvalue weighted by Gasteiger charge is 2.19. The Hall–Kier alpha value is -2.42. The van der Waals surface area contributed by atoms with E-state index in [1.807, 2.05) is 44.2 Å². The molecule has 1 aliphatic heterocycles. The first-order valence-corrected chi connectivity index (χ1v) is 7.09. The van der Waals surface area contributed by atoms with Crippen LogP contribution in [0, 0.1) is 13.8 Å². The van der Waals surface area contributed by atoms with Crippen LogP contribution in [0.4, 0.5) is 0 Å². The van der Waals surface area contributed by atoms with Crippen molar-refractivity contribution in [3.63, 3.8) is 0 Å². The van der Waals surface area contributed by atoms with Gasteiger partial charge in [0.25, 0.3) is 5.91 Å². The van der Waals surface area contributed by atoms with E-state index >= 15 is 0 Å². The van der Waals surface area contributed by atoms with Gasteiger partial charge in [0.15, 0.2) is 5.78 Å². The predicted molar refractivity (Wildman–Crippen MR) is 81.8 cm³/mol. The molecule has 3 heteroatoms. The number of amides is 1. The number of rotatable bonds is 2. The lowest BCUT2D eigenvalue weighted by Gasteiger charge is -2.17. The highest BCUT2D eigenvalue weighted by molar-refractivity contribution is 6.10. The van der Waals surface area contributed by atoms with Gasteiger partial charge in [-0.15, -0.1) is 0 Å². The minimum atomic E-state index is -0.0914. The van der Waals surface area contributed by atoms with Crippen LogP contribution in [-0.4, -0.2) is 18.2 Å². The molecular formula is C18H17NO2. The Kier molecular flexibility index (Phi) is 3.34. The number of aryl methyl sites for hydroxylation is 2. The normalized spacial score (nSPS) is 13.5. The minimum absolute atomic E-state index is 0.0389. The third kappa shape index (κ3) is 2.59. The summed E-state index contributed by atoms with van der Waals surface area (Å²) in [6.45, 7) is 4.62. The summed E-state index contributed by atoms with van der Waals surface area (Å²) in [6.07, 6.45) is 0.819. The molecule has 1 aliphatic rings. The summed E-state index contributed by atoms with van der Waals surface area (Å²) in [4.78, 5) is 24.5. The molecule has 1 N–H and O–H groups in total. The van der Waals surface area contributed by atoms with Crippen molar-refractivity contribution in [2.45, 2.75) is 20.3 Å². The molecule has 0 aromatic heterocycles. The van der Waals surface area contributed by atoms with Crippen molar-refractivity contribution >= 4 is 11.7 Å². The lowest BCUT2D eigenvalue weighted by molar-refractivity contribution is 0.0946. The Morgan fingerprint density at radius 3 is 2.43 bits per heavy atom. The Morgan fingerprint density at radius 1 is 1.00 bits per heavy atom. The van der Waals surface area contributed by atoms with Crippen LogP contribution >= 0.6 is 0 Å². The Labute approximate surface area is 124 Å². The van der Waals surface area contributed by atoms with E-state index in [4.69, 9.17) is 0 Å². The first-order chi connectivity index (χ1) is 10.0. The maximum absolute atomic E-state index is 12.6. The van der Waals surface area contributed by atoms with E-state index in [9.17, 15) is 9.59 Å². The molecule has 1 heterocycles. The smallest absolute Gasteiger partial charge is 0.251 e. The fourth-order valence-electron chi connectivity index (χ4n) is 2.83. The second-order valence-corrected chi connectivity index (χ2v) is 5.58. The van der Waals surface area contributed by atoms with Gasteiger partial charge in [0.05, 0.1) is 0 Å². The third-order valence-electron chi connectivity index (χ3n) is 3.78. The van der Waals surface area contributed by atoms with Crippen LogP contribution in [0.3, 0.4) is 0 Å². The zero-order chi connectivity index (χ0) is 15.0. The van der Waals surface area contributed by atoms with Gasteiger partial charge in [-0.05, 0) is 44.0 Å². The molecule has 0 atom stereocenters. The van der Waals surface area contributed by atoms with E-state index in [2.05, 4.69) is 5.32 Å². The summed E-state index contributed by atoms with van der Waals surface area (Å²) in [6, 6.07) is 11.2. The summed E-state index contributed by atoms with van der Waals surface area (Å²) in [7, 11) is 0. The summed E-state index contributed by atoms with van der Waals surface area (Å²) < 4.78 is 0. The van der Waals surface area contributed by atoms with Crippen LogP contribution in [-0.2, 0) is 6.42 Å². The SMILES string of the molecule is Cc1cc(C)cc(C(=O)c2ccc3c(c2)C(=O)NCC3)c1. The van der Waals surface area contributed by atoms with E-state index < -0.39 is 0 Å². The van der Waals surface area contributed by atoms with Crippen LogP contribution < -0.4 is 5.32 Å². The summed E-state index contributed by atoms with van der Waals surface area (Å²) in [5.74, 6) is -0.130. The van der Waals surface area contributed by atoms with Crippen molar-refractivity contribution in [3.8, 4) is 0 Å². The van der Waals surface area contributed by atoms with E-state index in [0.29, 0.717) is 23.2 Å². The molecule has 106 valence electrons. The Morgan fingerprint density at radius 2 is 1.71 bits per heavy atom. The van der Waals surface area contributed by atoms with Gasteiger partial charge in [-0.2, -0.15) is 0 Å². The van der Waals surface area contributed by atoms with Gasteiger partial charge >= 0.3 is 0 Å². The molecular weight excluding hydrogens is 262 g/mol. The number of fused-ring (bicyclic) bond motifs is 1. The average Bonchev–Trinajstić information content (AvgIpc) is 2.45. The first-order valence-electron chi connectivity index (χ1n) is 7.09. The summed E-state index contributed by atoms with van der Waals surface area (Å²) in [5, 5.41) is 2.81.